The molecule has 3 heterocycles. The maximum absolute atomic E-state index is 11.2. The Balaban J connectivity index is 1.70. The van der Waals surface area contributed by atoms with Gasteiger partial charge in [0.1, 0.15) is 11.4 Å². The van der Waals surface area contributed by atoms with Crippen molar-refractivity contribution in [1.29, 1.82) is 0 Å². The molecule has 0 radical (unpaired) electrons. The van der Waals surface area contributed by atoms with Crippen molar-refractivity contribution in [1.82, 2.24) is 14.9 Å². The molecule has 1 fully saturated rings. The molecule has 2 atom stereocenters. The molecule has 6 nitrogen and oxygen atoms in total. The number of H-pyrrole nitrogens is 1. The monoisotopic (exact) mass is 417 g/mol. The predicted octanol–water partition coefficient (Wildman–Crippen LogP) is 4.55. The highest BCUT2D eigenvalue weighted by atomic mass is 16.5. The lowest BCUT2D eigenvalue weighted by molar-refractivity contribution is 0.0690. The highest BCUT2D eigenvalue weighted by Crippen LogP contribution is 2.39. The molecule has 160 valence electrons. The summed E-state index contributed by atoms with van der Waals surface area (Å²) in [5, 5.41) is 10.4. The molecule has 2 N–H and O–H groups in total. The van der Waals surface area contributed by atoms with Gasteiger partial charge in [-0.05, 0) is 61.6 Å². The fourth-order valence-electron chi connectivity index (χ4n) is 4.69. The van der Waals surface area contributed by atoms with Crippen LogP contribution in [0.4, 0.5) is 0 Å². The van der Waals surface area contributed by atoms with Crippen LogP contribution in [0.25, 0.3) is 10.9 Å². The van der Waals surface area contributed by atoms with Crippen molar-refractivity contribution >= 4 is 16.9 Å². The number of aromatic amines is 1. The molecule has 2 aromatic heterocycles. The molecular weight excluding hydrogens is 390 g/mol. The van der Waals surface area contributed by atoms with Gasteiger partial charge in [0.15, 0.2) is 0 Å². The topological polar surface area (TPSA) is 78.5 Å². The van der Waals surface area contributed by atoms with Crippen LogP contribution in [0.1, 0.15) is 52.5 Å². The van der Waals surface area contributed by atoms with Crippen LogP contribution in [0, 0.1) is 25.2 Å². The van der Waals surface area contributed by atoms with E-state index in [-0.39, 0.29) is 11.7 Å². The summed E-state index contributed by atoms with van der Waals surface area (Å²) in [5.74, 6) is 3.12. The van der Waals surface area contributed by atoms with Crippen LogP contribution in [0.15, 0.2) is 36.7 Å². The summed E-state index contributed by atoms with van der Waals surface area (Å²) in [6.45, 7) is 3.71. The molecule has 0 saturated carbocycles. The number of hydrogen-bond acceptors (Lipinski definition) is 4. The van der Waals surface area contributed by atoms with Crippen LogP contribution in [0.5, 0.6) is 5.75 Å². The van der Waals surface area contributed by atoms with Crippen LogP contribution >= 0.6 is 0 Å². The standard InChI is InChI=1S/C25H27N3O3/c1-4-5-17-9-11-28(22(13-17)18-6-7-21(25(29)30)27-14-18)15-20-19-8-10-26-24(19)16(2)12-23(20)31-3/h1,6-8,10,12,14,17,22,26H,5,9,11,13,15H2,2-3H3,(H,29,30)/t17-,22+/m1/s1. The number of carboxylic acid groups (broad SMARTS) is 1. The minimum Gasteiger partial charge on any atom is -0.496 e. The molecule has 1 aromatic carbocycles. The molecule has 0 unspecified atom stereocenters. The number of aromatic carboxylic acids is 1. The molecule has 4 rings (SSSR count). The molecule has 0 spiro atoms. The summed E-state index contributed by atoms with van der Waals surface area (Å²) in [5.41, 5.74) is 4.50. The fraction of sp³-hybridized carbons (Fsp3) is 0.360. The van der Waals surface area contributed by atoms with E-state index in [1.54, 1.807) is 19.4 Å². The maximum atomic E-state index is 11.2. The zero-order valence-corrected chi connectivity index (χ0v) is 17.9. The Hall–Kier alpha value is -3.30. The average Bonchev–Trinajstić information content (AvgIpc) is 3.27. The summed E-state index contributed by atoms with van der Waals surface area (Å²) in [6, 6.07) is 7.76. The number of terminal acetylenes is 1. The zero-order valence-electron chi connectivity index (χ0n) is 17.9. The average molecular weight is 418 g/mol. The van der Waals surface area contributed by atoms with Gasteiger partial charge in [0, 0.05) is 47.9 Å². The molecular formula is C25H27N3O3. The number of pyridine rings is 1. The van der Waals surface area contributed by atoms with Crippen LogP contribution in [0.3, 0.4) is 0 Å². The number of likely N-dealkylation sites (tertiary alicyclic amines) is 1. The van der Waals surface area contributed by atoms with Gasteiger partial charge in [-0.25, -0.2) is 9.78 Å². The van der Waals surface area contributed by atoms with Crippen molar-refractivity contribution < 1.29 is 14.6 Å². The third kappa shape index (κ3) is 4.14. The highest BCUT2D eigenvalue weighted by molar-refractivity contribution is 5.88. The molecule has 0 aliphatic carbocycles. The lowest BCUT2D eigenvalue weighted by Gasteiger charge is -2.39. The van der Waals surface area contributed by atoms with Gasteiger partial charge >= 0.3 is 5.97 Å². The lowest BCUT2D eigenvalue weighted by atomic mass is 9.85. The first-order valence-electron chi connectivity index (χ1n) is 10.5. The molecule has 1 aliphatic rings. The van der Waals surface area contributed by atoms with Crippen molar-refractivity contribution in [2.75, 3.05) is 13.7 Å². The Labute approximate surface area is 182 Å². The molecule has 31 heavy (non-hydrogen) atoms. The number of methoxy groups -OCH3 is 1. The van der Waals surface area contributed by atoms with E-state index in [0.29, 0.717) is 5.92 Å². The number of carboxylic acids is 1. The molecule has 0 amide bonds. The number of nitrogens with one attached hydrogen (secondary N) is 1. The van der Waals surface area contributed by atoms with E-state index in [4.69, 9.17) is 11.2 Å². The number of nitrogens with zero attached hydrogens (tertiary/aromatic N) is 2. The summed E-state index contributed by atoms with van der Waals surface area (Å²) in [7, 11) is 1.71. The number of hydrogen-bond donors (Lipinski definition) is 2. The van der Waals surface area contributed by atoms with E-state index < -0.39 is 5.97 Å². The van der Waals surface area contributed by atoms with E-state index in [0.717, 1.165) is 60.3 Å². The van der Waals surface area contributed by atoms with E-state index in [2.05, 4.69) is 39.8 Å². The van der Waals surface area contributed by atoms with Crippen LogP contribution in [-0.4, -0.2) is 39.6 Å². The number of aryl methyl sites for hydroxylation is 1. The number of ether oxygens (including phenoxy) is 1. The van der Waals surface area contributed by atoms with Crippen LogP contribution in [0.2, 0.25) is 0 Å². The summed E-state index contributed by atoms with van der Waals surface area (Å²) in [6.07, 6.45) is 12.0. The Bertz CT molecular complexity index is 1130. The number of aromatic nitrogens is 2. The second-order valence-electron chi connectivity index (χ2n) is 8.21. The van der Waals surface area contributed by atoms with Gasteiger partial charge in [0.25, 0.3) is 0 Å². The Morgan fingerprint density at radius 1 is 1.42 bits per heavy atom. The number of benzene rings is 1. The second kappa shape index (κ2) is 8.83. The van der Waals surface area contributed by atoms with Gasteiger partial charge in [-0.1, -0.05) is 6.07 Å². The van der Waals surface area contributed by atoms with Crippen LogP contribution in [-0.2, 0) is 6.54 Å². The summed E-state index contributed by atoms with van der Waals surface area (Å²) >= 11 is 0. The van der Waals surface area contributed by atoms with Gasteiger partial charge in [-0.3, -0.25) is 4.90 Å². The van der Waals surface area contributed by atoms with E-state index >= 15 is 0 Å². The third-order valence-corrected chi connectivity index (χ3v) is 6.31. The first kappa shape index (κ1) is 21.0. The van der Waals surface area contributed by atoms with Gasteiger partial charge in [-0.2, -0.15) is 0 Å². The highest BCUT2D eigenvalue weighted by Gasteiger charge is 2.31. The van der Waals surface area contributed by atoms with Gasteiger partial charge < -0.3 is 14.8 Å². The van der Waals surface area contributed by atoms with E-state index in [1.165, 1.54) is 5.39 Å². The smallest absolute Gasteiger partial charge is 0.354 e. The molecule has 1 saturated heterocycles. The lowest BCUT2D eigenvalue weighted by Crippen LogP contribution is -2.36. The van der Waals surface area contributed by atoms with Gasteiger partial charge in [-0.15, -0.1) is 12.3 Å². The fourth-order valence-corrected chi connectivity index (χ4v) is 4.69. The SMILES string of the molecule is C#CC[C@@H]1CCN(Cc2c(OC)cc(C)c3[nH]ccc23)[C@H](c2ccc(C(=O)O)nc2)C1. The first-order chi connectivity index (χ1) is 15.0. The molecule has 0 bridgehead atoms. The van der Waals surface area contributed by atoms with Gasteiger partial charge in [0.2, 0.25) is 0 Å². The summed E-state index contributed by atoms with van der Waals surface area (Å²) in [4.78, 5) is 21.1. The Kier molecular flexibility index (Phi) is 5.97. The maximum Gasteiger partial charge on any atom is 0.354 e. The van der Waals surface area contributed by atoms with Crippen molar-refractivity contribution in [3.05, 3.63) is 59.0 Å². The second-order valence-corrected chi connectivity index (χ2v) is 8.21. The zero-order chi connectivity index (χ0) is 22.0. The van der Waals surface area contributed by atoms with Crippen LogP contribution < -0.4 is 4.74 Å². The normalized spacial score (nSPS) is 19.3. The molecule has 1 aliphatic heterocycles. The number of rotatable bonds is 6. The number of fused-ring (bicyclic) bond motifs is 1. The van der Waals surface area contributed by atoms with E-state index in [9.17, 15) is 9.90 Å². The van der Waals surface area contributed by atoms with Crippen molar-refractivity contribution in [2.24, 2.45) is 5.92 Å². The first-order valence-corrected chi connectivity index (χ1v) is 10.5. The molecule has 3 aromatic rings. The third-order valence-electron chi connectivity index (χ3n) is 6.31. The predicted molar refractivity (Wildman–Crippen MR) is 120 cm³/mol. The quantitative estimate of drug-likeness (QED) is 0.575. The molecule has 6 heteroatoms. The minimum atomic E-state index is -1.02. The van der Waals surface area contributed by atoms with Crippen molar-refractivity contribution in [3.8, 4) is 18.1 Å². The number of piperidine rings is 1. The van der Waals surface area contributed by atoms with Gasteiger partial charge in [0.05, 0.1) is 7.11 Å². The summed E-state index contributed by atoms with van der Waals surface area (Å²) < 4.78 is 5.74. The Morgan fingerprint density at radius 3 is 2.94 bits per heavy atom. The largest absolute Gasteiger partial charge is 0.496 e. The Morgan fingerprint density at radius 2 is 2.26 bits per heavy atom. The minimum absolute atomic E-state index is 0.0560. The van der Waals surface area contributed by atoms with Crippen molar-refractivity contribution in [2.45, 2.75) is 38.8 Å². The van der Waals surface area contributed by atoms with Crippen molar-refractivity contribution in [3.63, 3.8) is 0 Å². The number of carbonyl (C=O) groups is 1. The van der Waals surface area contributed by atoms with E-state index in [1.807, 2.05) is 12.3 Å².